The van der Waals surface area contributed by atoms with Gasteiger partial charge in [0.25, 0.3) is 0 Å². The Balaban J connectivity index is 2.35. The first-order chi connectivity index (χ1) is 9.13. The number of halogens is 2. The van der Waals surface area contributed by atoms with Gasteiger partial charge in [0.2, 0.25) is 0 Å². The van der Waals surface area contributed by atoms with Gasteiger partial charge in [0, 0.05) is 18.5 Å². The maximum absolute atomic E-state index is 5.99. The smallest absolute Gasteiger partial charge is 0.144 e. The minimum Gasteiger partial charge on any atom is -0.372 e. The fourth-order valence-corrected chi connectivity index (χ4v) is 2.72. The summed E-state index contributed by atoms with van der Waals surface area (Å²) in [6.45, 7) is 2.08. The first-order valence-corrected chi connectivity index (χ1v) is 7.28. The third-order valence-corrected chi connectivity index (χ3v) is 3.86. The van der Waals surface area contributed by atoms with Gasteiger partial charge in [-0.1, -0.05) is 30.7 Å². The van der Waals surface area contributed by atoms with Crippen molar-refractivity contribution >= 4 is 33.3 Å². The molecule has 1 aromatic heterocycles. The average Bonchev–Trinajstić information content (AvgIpc) is 2.40. The molecule has 5 heteroatoms. The van der Waals surface area contributed by atoms with E-state index in [0.29, 0.717) is 6.42 Å². The van der Waals surface area contributed by atoms with Crippen molar-refractivity contribution in [3.05, 3.63) is 50.8 Å². The Kier molecular flexibility index (Phi) is 4.77. The van der Waals surface area contributed by atoms with Gasteiger partial charge in [-0.05, 0) is 40.0 Å². The number of nitrogens with one attached hydrogen (secondary N) is 1. The van der Waals surface area contributed by atoms with E-state index in [2.05, 4.69) is 38.1 Å². The van der Waals surface area contributed by atoms with Gasteiger partial charge in [0.1, 0.15) is 11.6 Å². The van der Waals surface area contributed by atoms with Crippen molar-refractivity contribution in [2.45, 2.75) is 19.8 Å². The summed E-state index contributed by atoms with van der Waals surface area (Å²) < 4.78 is 0.937. The van der Waals surface area contributed by atoms with Crippen molar-refractivity contribution in [1.29, 1.82) is 0 Å². The number of anilines is 1. The molecule has 2 aromatic rings. The summed E-state index contributed by atoms with van der Waals surface area (Å²) in [6.07, 6.45) is 1.54. The molecule has 3 nitrogen and oxygen atoms in total. The fourth-order valence-electron chi connectivity index (χ4n) is 1.85. The van der Waals surface area contributed by atoms with Crippen LogP contribution in [-0.4, -0.2) is 17.0 Å². The highest BCUT2D eigenvalue weighted by molar-refractivity contribution is 9.10. The van der Waals surface area contributed by atoms with Crippen LogP contribution in [0.4, 0.5) is 5.82 Å². The zero-order valence-electron chi connectivity index (χ0n) is 10.9. The molecule has 0 aliphatic heterocycles. The first kappa shape index (κ1) is 14.3. The van der Waals surface area contributed by atoms with Crippen molar-refractivity contribution in [1.82, 2.24) is 9.97 Å². The highest BCUT2D eigenvalue weighted by Crippen LogP contribution is 2.24. The molecule has 0 spiro atoms. The Morgan fingerprint density at radius 3 is 2.74 bits per heavy atom. The number of nitrogens with zero attached hydrogens (tertiary/aromatic N) is 2. The molecule has 0 saturated heterocycles. The van der Waals surface area contributed by atoms with Crippen LogP contribution in [0.2, 0.25) is 5.02 Å². The lowest BCUT2D eigenvalue weighted by molar-refractivity contribution is 0.898. The second-order valence-corrected chi connectivity index (χ2v) is 5.39. The van der Waals surface area contributed by atoms with Gasteiger partial charge < -0.3 is 5.32 Å². The summed E-state index contributed by atoms with van der Waals surface area (Å²) in [6, 6.07) is 7.78. The number of rotatable bonds is 4. The zero-order valence-corrected chi connectivity index (χ0v) is 13.2. The van der Waals surface area contributed by atoms with Gasteiger partial charge in [-0.3, -0.25) is 0 Å². The molecule has 0 saturated carbocycles. The van der Waals surface area contributed by atoms with Crippen LogP contribution in [0.1, 0.15) is 24.0 Å². The maximum atomic E-state index is 5.99. The summed E-state index contributed by atoms with van der Waals surface area (Å²) in [5.74, 6) is 1.62. The molecule has 100 valence electrons. The van der Waals surface area contributed by atoms with Crippen LogP contribution < -0.4 is 5.32 Å². The second kappa shape index (κ2) is 6.35. The predicted molar refractivity (Wildman–Crippen MR) is 82.9 cm³/mol. The van der Waals surface area contributed by atoms with Crippen LogP contribution in [0.25, 0.3) is 0 Å². The summed E-state index contributed by atoms with van der Waals surface area (Å²) in [7, 11) is 1.86. The lowest BCUT2D eigenvalue weighted by atomic mass is 10.1. The molecule has 19 heavy (non-hydrogen) atoms. The van der Waals surface area contributed by atoms with Crippen LogP contribution in [0.3, 0.4) is 0 Å². The zero-order chi connectivity index (χ0) is 13.8. The summed E-state index contributed by atoms with van der Waals surface area (Å²) in [5, 5.41) is 3.82. The highest BCUT2D eigenvalue weighted by Gasteiger charge is 2.10. The van der Waals surface area contributed by atoms with E-state index in [0.717, 1.165) is 38.8 Å². The Bertz CT molecular complexity index is 562. The van der Waals surface area contributed by atoms with E-state index >= 15 is 0 Å². The lowest BCUT2D eigenvalue weighted by Gasteiger charge is -2.10. The van der Waals surface area contributed by atoms with Crippen LogP contribution in [0.5, 0.6) is 0 Å². The summed E-state index contributed by atoms with van der Waals surface area (Å²) in [4.78, 5) is 9.10. The van der Waals surface area contributed by atoms with Gasteiger partial charge in [0.05, 0.1) is 10.2 Å². The number of aryl methyl sites for hydroxylation is 1. The van der Waals surface area contributed by atoms with Crippen LogP contribution in [0, 0.1) is 0 Å². The number of hydrogen-bond acceptors (Lipinski definition) is 3. The quantitative estimate of drug-likeness (QED) is 0.911. The molecule has 1 aromatic carbocycles. The minimum atomic E-state index is 0.676. The van der Waals surface area contributed by atoms with E-state index in [1.165, 1.54) is 0 Å². The van der Waals surface area contributed by atoms with Crippen molar-refractivity contribution in [3.63, 3.8) is 0 Å². The number of benzene rings is 1. The van der Waals surface area contributed by atoms with Crippen LogP contribution >= 0.6 is 27.5 Å². The number of aromatic nitrogens is 2. The molecule has 0 unspecified atom stereocenters. The maximum Gasteiger partial charge on any atom is 0.144 e. The second-order valence-electron chi connectivity index (χ2n) is 4.16. The molecular formula is C14H15BrClN3. The SMILES string of the molecule is CCc1nc(Cc2cccc(Cl)c2)nc(NC)c1Br. The van der Waals surface area contributed by atoms with Crippen molar-refractivity contribution < 1.29 is 0 Å². The molecule has 0 aliphatic rings. The molecule has 0 atom stereocenters. The largest absolute Gasteiger partial charge is 0.372 e. The van der Waals surface area contributed by atoms with E-state index in [1.54, 1.807) is 0 Å². The monoisotopic (exact) mass is 339 g/mol. The molecule has 0 aliphatic carbocycles. The van der Waals surface area contributed by atoms with Crippen LogP contribution in [0.15, 0.2) is 28.7 Å². The van der Waals surface area contributed by atoms with Crippen molar-refractivity contribution in [2.75, 3.05) is 12.4 Å². The fraction of sp³-hybridized carbons (Fsp3) is 0.286. The molecule has 0 bridgehead atoms. The van der Waals surface area contributed by atoms with Gasteiger partial charge in [-0.2, -0.15) is 0 Å². The normalized spacial score (nSPS) is 10.5. The third-order valence-electron chi connectivity index (χ3n) is 2.79. The highest BCUT2D eigenvalue weighted by atomic mass is 79.9. The standard InChI is InChI=1S/C14H15BrClN3/c1-3-11-13(15)14(17-2)19-12(18-11)8-9-5-4-6-10(16)7-9/h4-7H,3,8H2,1-2H3,(H,17,18,19). The number of hydrogen-bond donors (Lipinski definition) is 1. The summed E-state index contributed by atoms with van der Waals surface area (Å²) in [5.41, 5.74) is 2.12. The van der Waals surface area contributed by atoms with E-state index in [-0.39, 0.29) is 0 Å². The Morgan fingerprint density at radius 2 is 2.11 bits per heavy atom. The first-order valence-electron chi connectivity index (χ1n) is 6.11. The molecular weight excluding hydrogens is 326 g/mol. The molecule has 0 radical (unpaired) electrons. The predicted octanol–water partition coefficient (Wildman–Crippen LogP) is 4.09. The lowest BCUT2D eigenvalue weighted by Crippen LogP contribution is -2.06. The minimum absolute atomic E-state index is 0.676. The average molecular weight is 341 g/mol. The van der Waals surface area contributed by atoms with Crippen LogP contribution in [-0.2, 0) is 12.8 Å². The van der Waals surface area contributed by atoms with Gasteiger partial charge in [-0.25, -0.2) is 9.97 Å². The van der Waals surface area contributed by atoms with Crippen molar-refractivity contribution in [2.24, 2.45) is 0 Å². The van der Waals surface area contributed by atoms with Gasteiger partial charge in [-0.15, -0.1) is 0 Å². The third kappa shape index (κ3) is 3.45. The Morgan fingerprint density at radius 1 is 1.32 bits per heavy atom. The van der Waals surface area contributed by atoms with E-state index in [4.69, 9.17) is 11.6 Å². The molecule has 1 heterocycles. The summed E-state index contributed by atoms with van der Waals surface area (Å²) >= 11 is 9.52. The Hall–Kier alpha value is -1.13. The van der Waals surface area contributed by atoms with E-state index < -0.39 is 0 Å². The van der Waals surface area contributed by atoms with Crippen molar-refractivity contribution in [3.8, 4) is 0 Å². The van der Waals surface area contributed by atoms with Gasteiger partial charge in [0.15, 0.2) is 0 Å². The van der Waals surface area contributed by atoms with E-state index in [1.807, 2.05) is 31.3 Å². The molecule has 0 fully saturated rings. The molecule has 2 rings (SSSR count). The molecule has 0 amide bonds. The van der Waals surface area contributed by atoms with Gasteiger partial charge >= 0.3 is 0 Å². The Labute approximate surface area is 126 Å². The van der Waals surface area contributed by atoms with E-state index in [9.17, 15) is 0 Å². The molecule has 1 N–H and O–H groups in total. The topological polar surface area (TPSA) is 37.8 Å².